The van der Waals surface area contributed by atoms with E-state index in [4.69, 9.17) is 10.8 Å². The van der Waals surface area contributed by atoms with E-state index >= 15 is 0 Å². The zero-order chi connectivity index (χ0) is 17.4. The second-order valence-corrected chi connectivity index (χ2v) is 6.17. The molecule has 2 heterocycles. The van der Waals surface area contributed by atoms with Crippen molar-refractivity contribution in [3.05, 3.63) is 54.4 Å². The molecular formula is C18H27FN4O. The standard InChI is InChI=1S/C10H17N3O.C8H10FN/c14-7-6-12-4-1-2-10(8-12)13-5-3-11-9-13;1-6(10)7-3-2-4-8(9)5-7/h3,5,9-10,14H,1-2,4,6-8H2;2-6H,10H2,1H3/t;6-/m.0/s1. The predicted octanol–water partition coefficient (Wildman–Crippen LogP) is 2.36. The van der Waals surface area contributed by atoms with Gasteiger partial charge in [0.15, 0.2) is 0 Å². The van der Waals surface area contributed by atoms with E-state index in [1.165, 1.54) is 25.0 Å². The molecular weight excluding hydrogens is 307 g/mol. The van der Waals surface area contributed by atoms with E-state index in [1.807, 2.05) is 31.7 Å². The molecule has 3 rings (SSSR count). The first-order valence-corrected chi connectivity index (χ1v) is 8.42. The van der Waals surface area contributed by atoms with Gasteiger partial charge in [0.1, 0.15) is 5.82 Å². The van der Waals surface area contributed by atoms with E-state index in [0.29, 0.717) is 6.04 Å². The van der Waals surface area contributed by atoms with Gasteiger partial charge >= 0.3 is 0 Å². The van der Waals surface area contributed by atoms with Crippen LogP contribution in [0.2, 0.25) is 0 Å². The Morgan fingerprint density at radius 2 is 2.29 bits per heavy atom. The summed E-state index contributed by atoms with van der Waals surface area (Å²) in [5.74, 6) is -0.227. The van der Waals surface area contributed by atoms with Gasteiger partial charge < -0.3 is 15.4 Å². The zero-order valence-electron chi connectivity index (χ0n) is 14.2. The highest BCUT2D eigenvalue weighted by molar-refractivity contribution is 5.18. The van der Waals surface area contributed by atoms with Gasteiger partial charge in [0.25, 0.3) is 0 Å². The van der Waals surface area contributed by atoms with Gasteiger partial charge in [-0.3, -0.25) is 4.90 Å². The number of aromatic nitrogens is 2. The largest absolute Gasteiger partial charge is 0.395 e. The molecule has 1 fully saturated rings. The van der Waals surface area contributed by atoms with Gasteiger partial charge in [-0.05, 0) is 44.0 Å². The smallest absolute Gasteiger partial charge is 0.123 e. The summed E-state index contributed by atoms with van der Waals surface area (Å²) in [4.78, 5) is 6.38. The molecule has 0 aliphatic carbocycles. The van der Waals surface area contributed by atoms with Crippen molar-refractivity contribution in [2.75, 3.05) is 26.2 Å². The molecule has 24 heavy (non-hydrogen) atoms. The highest BCUT2D eigenvalue weighted by Gasteiger charge is 2.19. The molecule has 0 bridgehead atoms. The molecule has 1 aliphatic heterocycles. The number of nitrogens with two attached hydrogens (primary N) is 1. The number of rotatable bonds is 4. The molecule has 3 N–H and O–H groups in total. The van der Waals surface area contributed by atoms with E-state index in [1.54, 1.807) is 6.07 Å². The Labute approximate surface area is 142 Å². The molecule has 6 heteroatoms. The first-order chi connectivity index (χ1) is 11.6. The lowest BCUT2D eigenvalue weighted by Crippen LogP contribution is -2.37. The minimum atomic E-state index is -0.227. The summed E-state index contributed by atoms with van der Waals surface area (Å²) in [5.41, 5.74) is 6.35. The van der Waals surface area contributed by atoms with Crippen LogP contribution in [0.5, 0.6) is 0 Å². The Hall–Kier alpha value is -1.76. The fourth-order valence-electron chi connectivity index (χ4n) is 2.89. The highest BCUT2D eigenvalue weighted by Crippen LogP contribution is 2.20. The normalized spacial score (nSPS) is 19.4. The molecule has 0 radical (unpaired) electrons. The van der Waals surface area contributed by atoms with Crippen LogP contribution in [0.15, 0.2) is 43.0 Å². The molecule has 1 aromatic heterocycles. The van der Waals surface area contributed by atoms with Crippen LogP contribution in [-0.2, 0) is 0 Å². The Balaban J connectivity index is 0.000000185. The van der Waals surface area contributed by atoms with Gasteiger partial charge in [0.2, 0.25) is 0 Å². The number of piperidine rings is 1. The minimum absolute atomic E-state index is 0.0873. The molecule has 2 atom stereocenters. The topological polar surface area (TPSA) is 67.3 Å². The lowest BCUT2D eigenvalue weighted by molar-refractivity contribution is 0.142. The highest BCUT2D eigenvalue weighted by atomic mass is 19.1. The third-order valence-corrected chi connectivity index (χ3v) is 4.22. The second kappa shape index (κ2) is 9.52. The van der Waals surface area contributed by atoms with Crippen molar-refractivity contribution in [3.8, 4) is 0 Å². The summed E-state index contributed by atoms with van der Waals surface area (Å²) in [7, 11) is 0. The van der Waals surface area contributed by atoms with Gasteiger partial charge in [-0.15, -0.1) is 0 Å². The van der Waals surface area contributed by atoms with Crippen LogP contribution in [0.3, 0.4) is 0 Å². The molecule has 5 nitrogen and oxygen atoms in total. The van der Waals surface area contributed by atoms with Gasteiger partial charge in [0, 0.05) is 37.6 Å². The number of hydrogen-bond acceptors (Lipinski definition) is 4. The number of aliphatic hydroxyl groups excluding tert-OH is 1. The fraction of sp³-hybridized carbons (Fsp3) is 0.500. The number of halogens is 1. The van der Waals surface area contributed by atoms with E-state index in [9.17, 15) is 4.39 Å². The summed E-state index contributed by atoms with van der Waals surface area (Å²) in [6.45, 7) is 5.04. The number of nitrogens with zero attached hydrogens (tertiary/aromatic N) is 3. The molecule has 0 saturated carbocycles. The minimum Gasteiger partial charge on any atom is -0.395 e. The van der Waals surface area contributed by atoms with Crippen LogP contribution in [0, 0.1) is 5.82 Å². The van der Waals surface area contributed by atoms with Gasteiger partial charge in [-0.1, -0.05) is 12.1 Å². The van der Waals surface area contributed by atoms with Crippen molar-refractivity contribution in [3.63, 3.8) is 0 Å². The van der Waals surface area contributed by atoms with Gasteiger partial charge in [0.05, 0.1) is 12.9 Å². The van der Waals surface area contributed by atoms with Crippen molar-refractivity contribution >= 4 is 0 Å². The Kier molecular flexibility index (Phi) is 7.36. The number of likely N-dealkylation sites (tertiary alicyclic amines) is 1. The molecule has 0 spiro atoms. The van der Waals surface area contributed by atoms with Crippen molar-refractivity contribution in [2.24, 2.45) is 5.73 Å². The molecule has 1 saturated heterocycles. The van der Waals surface area contributed by atoms with Crippen LogP contribution in [0.1, 0.15) is 37.4 Å². The maximum atomic E-state index is 12.5. The lowest BCUT2D eigenvalue weighted by Gasteiger charge is -2.32. The SMILES string of the molecule is C[C@H](N)c1cccc(F)c1.OCCN1CCCC(n2ccnc2)C1. The Morgan fingerprint density at radius 1 is 1.46 bits per heavy atom. The van der Waals surface area contributed by atoms with E-state index in [-0.39, 0.29) is 18.5 Å². The molecule has 0 amide bonds. The van der Waals surface area contributed by atoms with Crippen molar-refractivity contribution < 1.29 is 9.50 Å². The average molecular weight is 334 g/mol. The quantitative estimate of drug-likeness (QED) is 0.901. The fourth-order valence-corrected chi connectivity index (χ4v) is 2.89. The Morgan fingerprint density at radius 3 is 2.88 bits per heavy atom. The summed E-state index contributed by atoms with van der Waals surface area (Å²) >= 11 is 0. The maximum absolute atomic E-state index is 12.5. The molecule has 1 aromatic carbocycles. The number of aliphatic hydroxyl groups is 1. The van der Waals surface area contributed by atoms with E-state index in [2.05, 4.69) is 14.5 Å². The summed E-state index contributed by atoms with van der Waals surface area (Å²) in [5, 5.41) is 8.87. The molecule has 2 aromatic rings. The Bertz CT molecular complexity index is 586. The monoisotopic (exact) mass is 334 g/mol. The number of hydrogen-bond donors (Lipinski definition) is 2. The van der Waals surface area contributed by atoms with Crippen LogP contribution < -0.4 is 5.73 Å². The first kappa shape index (κ1) is 18.6. The van der Waals surface area contributed by atoms with Crippen molar-refractivity contribution in [1.82, 2.24) is 14.5 Å². The zero-order valence-corrected chi connectivity index (χ0v) is 14.2. The number of imidazole rings is 1. The van der Waals surface area contributed by atoms with Crippen LogP contribution in [-0.4, -0.2) is 45.8 Å². The predicted molar refractivity (Wildman–Crippen MR) is 93.0 cm³/mol. The third kappa shape index (κ3) is 5.70. The van der Waals surface area contributed by atoms with Crippen molar-refractivity contribution in [1.29, 1.82) is 0 Å². The first-order valence-electron chi connectivity index (χ1n) is 8.42. The van der Waals surface area contributed by atoms with Gasteiger partial charge in [-0.2, -0.15) is 0 Å². The van der Waals surface area contributed by atoms with Crippen LogP contribution in [0.4, 0.5) is 4.39 Å². The summed E-state index contributed by atoms with van der Waals surface area (Å²) < 4.78 is 14.6. The second-order valence-electron chi connectivity index (χ2n) is 6.17. The van der Waals surface area contributed by atoms with Crippen molar-refractivity contribution in [2.45, 2.75) is 31.8 Å². The van der Waals surface area contributed by atoms with E-state index in [0.717, 1.165) is 25.2 Å². The summed E-state index contributed by atoms with van der Waals surface area (Å²) in [6, 6.07) is 6.78. The van der Waals surface area contributed by atoms with Gasteiger partial charge in [-0.25, -0.2) is 9.37 Å². The molecule has 132 valence electrons. The molecule has 1 unspecified atom stereocenters. The van der Waals surface area contributed by atoms with E-state index < -0.39 is 0 Å². The average Bonchev–Trinajstić information content (AvgIpc) is 3.11. The maximum Gasteiger partial charge on any atom is 0.123 e. The summed E-state index contributed by atoms with van der Waals surface area (Å²) in [6.07, 6.45) is 8.16. The third-order valence-electron chi connectivity index (χ3n) is 4.22. The molecule has 1 aliphatic rings. The number of β-amino-alcohol motifs (C(OH)–C–C–N with tert-alkyl or cyclic N) is 1. The lowest BCUT2D eigenvalue weighted by atomic mass is 10.1. The number of benzene rings is 1. The van der Waals surface area contributed by atoms with Crippen LogP contribution in [0.25, 0.3) is 0 Å². The van der Waals surface area contributed by atoms with Crippen LogP contribution >= 0.6 is 0 Å².